The number of amides is 1. The largest absolute Gasteiger partial charge is 0.372 e. The van der Waals surface area contributed by atoms with Gasteiger partial charge in [-0.1, -0.05) is 6.92 Å². The Hall–Kier alpha value is -0.390. The normalized spacial score (nSPS) is 24.3. The summed E-state index contributed by atoms with van der Waals surface area (Å²) in [5, 5.41) is 0. The summed E-state index contributed by atoms with van der Waals surface area (Å²) < 4.78 is 6.70. The number of hydrogen-bond donors (Lipinski definition) is 0. The summed E-state index contributed by atoms with van der Waals surface area (Å²) in [6.45, 7) is 7.49. The maximum atomic E-state index is 12.4. The number of nitrogens with zero attached hydrogens (tertiary/aromatic N) is 1. The van der Waals surface area contributed by atoms with Gasteiger partial charge in [-0.25, -0.2) is 0 Å². The lowest BCUT2D eigenvalue weighted by atomic mass is 10.2. The number of aryl methyl sites for hydroxylation is 1. The molecule has 0 saturated carbocycles. The quantitative estimate of drug-likeness (QED) is 0.831. The summed E-state index contributed by atoms with van der Waals surface area (Å²) in [6, 6.07) is 1.94. The number of halogens is 1. The minimum atomic E-state index is 0.117. The van der Waals surface area contributed by atoms with Crippen LogP contribution in [0.2, 0.25) is 0 Å². The smallest absolute Gasteiger partial charge is 0.264 e. The first-order chi connectivity index (χ1) is 8.51. The Balaban J connectivity index is 2.14. The zero-order valence-electron chi connectivity index (χ0n) is 10.9. The van der Waals surface area contributed by atoms with Crippen molar-refractivity contribution in [2.45, 2.75) is 39.4 Å². The molecule has 1 aliphatic rings. The van der Waals surface area contributed by atoms with E-state index in [4.69, 9.17) is 4.74 Å². The fraction of sp³-hybridized carbons (Fsp3) is 0.615. The highest BCUT2D eigenvalue weighted by atomic mass is 79.9. The molecule has 2 heterocycles. The highest BCUT2D eigenvalue weighted by Gasteiger charge is 2.27. The van der Waals surface area contributed by atoms with Crippen LogP contribution in [0.1, 0.15) is 35.3 Å². The van der Waals surface area contributed by atoms with E-state index in [0.29, 0.717) is 13.1 Å². The summed E-state index contributed by atoms with van der Waals surface area (Å²) in [7, 11) is 0. The SMILES string of the molecule is CCc1sc(C(=O)N2C[C@H](C)O[C@@H](C)C2)cc1Br. The van der Waals surface area contributed by atoms with Gasteiger partial charge in [0.1, 0.15) is 0 Å². The molecule has 0 spiro atoms. The summed E-state index contributed by atoms with van der Waals surface area (Å²) in [5.74, 6) is 0.127. The van der Waals surface area contributed by atoms with Crippen molar-refractivity contribution in [3.05, 3.63) is 20.3 Å². The topological polar surface area (TPSA) is 29.5 Å². The van der Waals surface area contributed by atoms with E-state index in [1.807, 2.05) is 24.8 Å². The van der Waals surface area contributed by atoms with Crippen molar-refractivity contribution in [3.8, 4) is 0 Å². The van der Waals surface area contributed by atoms with Crippen LogP contribution in [0, 0.1) is 0 Å². The van der Waals surface area contributed by atoms with Crippen molar-refractivity contribution in [3.63, 3.8) is 0 Å². The maximum absolute atomic E-state index is 12.4. The van der Waals surface area contributed by atoms with E-state index >= 15 is 0 Å². The van der Waals surface area contributed by atoms with Crippen LogP contribution in [0.3, 0.4) is 0 Å². The molecule has 3 nitrogen and oxygen atoms in total. The highest BCUT2D eigenvalue weighted by molar-refractivity contribution is 9.10. The van der Waals surface area contributed by atoms with E-state index in [-0.39, 0.29) is 18.1 Å². The Kier molecular flexibility index (Phi) is 4.45. The van der Waals surface area contributed by atoms with E-state index in [1.165, 1.54) is 4.88 Å². The van der Waals surface area contributed by atoms with Crippen LogP contribution in [-0.2, 0) is 11.2 Å². The number of thiophene rings is 1. The number of carbonyl (C=O) groups is 1. The Labute approximate surface area is 120 Å². The molecule has 18 heavy (non-hydrogen) atoms. The molecule has 0 aliphatic carbocycles. The molecule has 1 aromatic rings. The van der Waals surface area contributed by atoms with Crippen LogP contribution in [0.4, 0.5) is 0 Å². The van der Waals surface area contributed by atoms with E-state index in [0.717, 1.165) is 15.8 Å². The van der Waals surface area contributed by atoms with Crippen molar-refractivity contribution < 1.29 is 9.53 Å². The molecule has 1 fully saturated rings. The van der Waals surface area contributed by atoms with Gasteiger partial charge < -0.3 is 9.64 Å². The molecular weight excluding hydrogens is 314 g/mol. The number of ether oxygens (including phenoxy) is 1. The van der Waals surface area contributed by atoms with Gasteiger partial charge in [-0.15, -0.1) is 11.3 Å². The summed E-state index contributed by atoms with van der Waals surface area (Å²) in [5.41, 5.74) is 0. The second-order valence-corrected chi connectivity index (χ2v) is 6.69. The van der Waals surface area contributed by atoms with Gasteiger partial charge in [-0.2, -0.15) is 0 Å². The monoisotopic (exact) mass is 331 g/mol. The average molecular weight is 332 g/mol. The molecule has 0 N–H and O–H groups in total. The predicted molar refractivity (Wildman–Crippen MR) is 77.3 cm³/mol. The lowest BCUT2D eigenvalue weighted by Crippen LogP contribution is -2.48. The van der Waals surface area contributed by atoms with Gasteiger partial charge in [0.25, 0.3) is 5.91 Å². The van der Waals surface area contributed by atoms with Crippen LogP contribution in [0.25, 0.3) is 0 Å². The molecule has 0 bridgehead atoms. The molecule has 100 valence electrons. The minimum absolute atomic E-state index is 0.117. The van der Waals surface area contributed by atoms with E-state index < -0.39 is 0 Å². The fourth-order valence-corrected chi connectivity index (χ4v) is 4.12. The second kappa shape index (κ2) is 5.72. The third kappa shape index (κ3) is 2.95. The Morgan fingerprint density at radius 1 is 1.50 bits per heavy atom. The van der Waals surface area contributed by atoms with Gasteiger partial charge in [-0.05, 0) is 42.3 Å². The average Bonchev–Trinajstić information content (AvgIpc) is 2.68. The van der Waals surface area contributed by atoms with Crippen LogP contribution >= 0.6 is 27.3 Å². The van der Waals surface area contributed by atoms with Gasteiger partial charge in [0.05, 0.1) is 17.1 Å². The molecule has 0 aromatic carbocycles. The van der Waals surface area contributed by atoms with E-state index in [9.17, 15) is 4.79 Å². The van der Waals surface area contributed by atoms with E-state index in [1.54, 1.807) is 11.3 Å². The van der Waals surface area contributed by atoms with Gasteiger partial charge in [-0.3, -0.25) is 4.79 Å². The van der Waals surface area contributed by atoms with Crippen LogP contribution in [0.15, 0.2) is 10.5 Å². The standard InChI is InChI=1S/C13H18BrNO2S/c1-4-11-10(14)5-12(18-11)13(16)15-6-8(2)17-9(3)7-15/h5,8-9H,4,6-7H2,1-3H3/t8-,9-/m0/s1. The predicted octanol–water partition coefficient (Wildman–Crippen LogP) is 3.32. The molecule has 2 atom stereocenters. The van der Waals surface area contributed by atoms with Gasteiger partial charge in [0.15, 0.2) is 0 Å². The number of rotatable bonds is 2. The summed E-state index contributed by atoms with van der Waals surface area (Å²) >= 11 is 5.09. The molecule has 1 aliphatic heterocycles. The lowest BCUT2D eigenvalue weighted by Gasteiger charge is -2.35. The van der Waals surface area contributed by atoms with Crippen molar-refractivity contribution in [1.29, 1.82) is 0 Å². The Morgan fingerprint density at radius 2 is 2.11 bits per heavy atom. The molecule has 0 radical (unpaired) electrons. The molecule has 2 rings (SSSR count). The number of carbonyl (C=O) groups excluding carboxylic acids is 1. The molecule has 1 aromatic heterocycles. The number of hydrogen-bond acceptors (Lipinski definition) is 3. The fourth-order valence-electron chi connectivity index (χ4n) is 2.25. The molecule has 5 heteroatoms. The molecule has 1 amide bonds. The third-order valence-corrected chi connectivity index (χ3v) is 5.23. The van der Waals surface area contributed by atoms with Crippen molar-refractivity contribution in [2.75, 3.05) is 13.1 Å². The van der Waals surface area contributed by atoms with Gasteiger partial charge >= 0.3 is 0 Å². The lowest BCUT2D eigenvalue weighted by molar-refractivity contribution is -0.0585. The second-order valence-electron chi connectivity index (χ2n) is 4.70. The summed E-state index contributed by atoms with van der Waals surface area (Å²) in [6.07, 6.45) is 1.19. The summed E-state index contributed by atoms with van der Waals surface area (Å²) in [4.78, 5) is 16.4. The van der Waals surface area contributed by atoms with Crippen LogP contribution < -0.4 is 0 Å². The molecule has 1 saturated heterocycles. The van der Waals surface area contributed by atoms with Gasteiger partial charge in [0, 0.05) is 22.4 Å². The third-order valence-electron chi connectivity index (χ3n) is 3.00. The van der Waals surface area contributed by atoms with Crippen molar-refractivity contribution in [1.82, 2.24) is 4.90 Å². The van der Waals surface area contributed by atoms with Crippen LogP contribution in [-0.4, -0.2) is 36.1 Å². The van der Waals surface area contributed by atoms with Crippen LogP contribution in [0.5, 0.6) is 0 Å². The molecular formula is C13H18BrNO2S. The van der Waals surface area contributed by atoms with Gasteiger partial charge in [0.2, 0.25) is 0 Å². The zero-order valence-corrected chi connectivity index (χ0v) is 13.3. The van der Waals surface area contributed by atoms with E-state index in [2.05, 4.69) is 22.9 Å². The first-order valence-corrected chi connectivity index (χ1v) is 7.85. The number of morpholine rings is 1. The molecule has 0 unspecified atom stereocenters. The zero-order chi connectivity index (χ0) is 13.3. The first kappa shape index (κ1) is 14.0. The van der Waals surface area contributed by atoms with Crippen molar-refractivity contribution >= 4 is 33.2 Å². The van der Waals surface area contributed by atoms with Crippen molar-refractivity contribution in [2.24, 2.45) is 0 Å². The first-order valence-electron chi connectivity index (χ1n) is 6.24. The Bertz CT molecular complexity index is 436. The maximum Gasteiger partial charge on any atom is 0.264 e. The Morgan fingerprint density at radius 3 is 2.61 bits per heavy atom. The minimum Gasteiger partial charge on any atom is -0.372 e. The highest BCUT2D eigenvalue weighted by Crippen LogP contribution is 2.29.